The highest BCUT2D eigenvalue weighted by molar-refractivity contribution is 5.81. The van der Waals surface area contributed by atoms with Crippen LogP contribution in [0.5, 0.6) is 0 Å². The molecule has 1 aromatic carbocycles. The third-order valence-electron chi connectivity index (χ3n) is 4.74. The molecule has 0 radical (unpaired) electrons. The molecule has 3 heterocycles. The lowest BCUT2D eigenvalue weighted by Crippen LogP contribution is -2.47. The summed E-state index contributed by atoms with van der Waals surface area (Å²) in [6, 6.07) is 5.15. The number of halogens is 3. The molecule has 10 heteroatoms. The quantitative estimate of drug-likeness (QED) is 0.678. The summed E-state index contributed by atoms with van der Waals surface area (Å²) in [6.45, 7) is 1.75. The molecule has 3 aromatic rings. The van der Waals surface area contributed by atoms with E-state index in [4.69, 9.17) is 0 Å². The molecule has 0 atom stereocenters. The van der Waals surface area contributed by atoms with Crippen LogP contribution in [-0.2, 0) is 6.54 Å². The zero-order valence-corrected chi connectivity index (χ0v) is 14.8. The fourth-order valence-electron chi connectivity index (χ4n) is 3.34. The highest BCUT2D eigenvalue weighted by atomic mass is 19.3. The fraction of sp³-hybridized carbons (Fsp3) is 0.333. The summed E-state index contributed by atoms with van der Waals surface area (Å²) in [4.78, 5) is 28.1. The average Bonchev–Trinajstić information content (AvgIpc) is 2.70. The van der Waals surface area contributed by atoms with Crippen molar-refractivity contribution in [2.24, 2.45) is 0 Å². The number of benzene rings is 1. The second-order valence-corrected chi connectivity index (χ2v) is 6.46. The maximum atomic E-state index is 13.9. The Balaban J connectivity index is 1.52. The van der Waals surface area contributed by atoms with Crippen molar-refractivity contribution in [2.75, 3.05) is 36.0 Å². The molecule has 0 N–H and O–H groups in total. The molecule has 1 aliphatic heterocycles. The molecule has 1 aliphatic rings. The van der Waals surface area contributed by atoms with Gasteiger partial charge in [-0.1, -0.05) is 0 Å². The van der Waals surface area contributed by atoms with Crippen molar-refractivity contribution in [3.05, 3.63) is 53.2 Å². The molecule has 0 saturated carbocycles. The Bertz CT molecular complexity index is 1050. The van der Waals surface area contributed by atoms with Gasteiger partial charge in [-0.25, -0.2) is 28.1 Å². The standard InChI is InChI=1S/C18H17F3N6O/c19-14-8-22-10-23-17(14)26-5-3-25(4-6-26)12-1-2-13-15(7-12)24-11-27(18(13)28)9-16(20)21/h1-2,7-8,10-11,16H,3-6,9H2. The Morgan fingerprint density at radius 3 is 2.54 bits per heavy atom. The van der Waals surface area contributed by atoms with Crippen LogP contribution >= 0.6 is 0 Å². The Hall–Kier alpha value is -3.17. The minimum Gasteiger partial charge on any atom is -0.368 e. The normalized spacial score (nSPS) is 14.9. The molecule has 146 valence electrons. The zero-order valence-electron chi connectivity index (χ0n) is 14.8. The van der Waals surface area contributed by atoms with E-state index in [1.54, 1.807) is 18.2 Å². The average molecular weight is 390 g/mol. The number of hydrogen-bond donors (Lipinski definition) is 0. The number of rotatable bonds is 4. The largest absolute Gasteiger partial charge is 0.368 e. The van der Waals surface area contributed by atoms with Crippen LogP contribution in [-0.4, -0.2) is 52.1 Å². The van der Waals surface area contributed by atoms with Crippen molar-refractivity contribution in [3.63, 3.8) is 0 Å². The summed E-state index contributed by atoms with van der Waals surface area (Å²) >= 11 is 0. The van der Waals surface area contributed by atoms with E-state index >= 15 is 0 Å². The lowest BCUT2D eigenvalue weighted by atomic mass is 10.2. The van der Waals surface area contributed by atoms with E-state index in [9.17, 15) is 18.0 Å². The third-order valence-corrected chi connectivity index (χ3v) is 4.74. The summed E-state index contributed by atoms with van der Waals surface area (Å²) in [6.07, 6.45) is 0.994. The molecule has 28 heavy (non-hydrogen) atoms. The van der Waals surface area contributed by atoms with E-state index < -0.39 is 24.3 Å². The predicted molar refractivity (Wildman–Crippen MR) is 98.4 cm³/mol. The molecule has 0 unspecified atom stereocenters. The first-order chi connectivity index (χ1) is 13.5. The minimum atomic E-state index is -2.62. The lowest BCUT2D eigenvalue weighted by Gasteiger charge is -2.36. The van der Waals surface area contributed by atoms with Gasteiger partial charge < -0.3 is 9.80 Å². The van der Waals surface area contributed by atoms with E-state index in [1.807, 2.05) is 4.90 Å². The first-order valence-corrected chi connectivity index (χ1v) is 8.75. The second-order valence-electron chi connectivity index (χ2n) is 6.46. The molecule has 4 rings (SSSR count). The number of aromatic nitrogens is 4. The summed E-state index contributed by atoms with van der Waals surface area (Å²) < 4.78 is 39.9. The number of fused-ring (bicyclic) bond motifs is 1. The van der Waals surface area contributed by atoms with Gasteiger partial charge in [0.15, 0.2) is 11.6 Å². The maximum absolute atomic E-state index is 13.9. The van der Waals surface area contributed by atoms with Crippen molar-refractivity contribution in [3.8, 4) is 0 Å². The maximum Gasteiger partial charge on any atom is 0.261 e. The third kappa shape index (κ3) is 3.49. The van der Waals surface area contributed by atoms with Crippen molar-refractivity contribution in [1.82, 2.24) is 19.5 Å². The van der Waals surface area contributed by atoms with Gasteiger partial charge in [0, 0.05) is 31.9 Å². The smallest absolute Gasteiger partial charge is 0.261 e. The SMILES string of the molecule is O=c1c2ccc(N3CCN(c4ncncc4F)CC3)cc2ncn1CC(F)F. The van der Waals surface area contributed by atoms with Crippen LogP contribution in [0, 0.1) is 5.82 Å². The van der Waals surface area contributed by atoms with E-state index in [0.29, 0.717) is 37.1 Å². The van der Waals surface area contributed by atoms with Gasteiger partial charge in [0.2, 0.25) is 0 Å². The number of nitrogens with zero attached hydrogens (tertiary/aromatic N) is 6. The van der Waals surface area contributed by atoms with E-state index in [0.717, 1.165) is 22.8 Å². The van der Waals surface area contributed by atoms with Crippen LogP contribution in [0.2, 0.25) is 0 Å². The van der Waals surface area contributed by atoms with Gasteiger partial charge in [-0.05, 0) is 18.2 Å². The highest BCUT2D eigenvalue weighted by Crippen LogP contribution is 2.23. The minimum absolute atomic E-state index is 0.286. The van der Waals surface area contributed by atoms with Crippen molar-refractivity contribution < 1.29 is 13.2 Å². The zero-order chi connectivity index (χ0) is 19.7. The van der Waals surface area contributed by atoms with E-state index in [2.05, 4.69) is 19.9 Å². The summed E-state index contributed by atoms with van der Waals surface area (Å²) in [5.41, 5.74) is 0.840. The number of hydrogen-bond acceptors (Lipinski definition) is 6. The van der Waals surface area contributed by atoms with Crippen LogP contribution in [0.25, 0.3) is 10.9 Å². The van der Waals surface area contributed by atoms with Crippen molar-refractivity contribution in [1.29, 1.82) is 0 Å². The molecule has 1 fully saturated rings. The van der Waals surface area contributed by atoms with Gasteiger partial charge in [0.25, 0.3) is 12.0 Å². The van der Waals surface area contributed by atoms with Gasteiger partial charge in [0.05, 0.1) is 30.0 Å². The molecule has 7 nitrogen and oxygen atoms in total. The topological polar surface area (TPSA) is 67.2 Å². The molecule has 2 aromatic heterocycles. The summed E-state index contributed by atoms with van der Waals surface area (Å²) in [5.74, 6) is -0.166. The number of alkyl halides is 2. The van der Waals surface area contributed by atoms with Gasteiger partial charge >= 0.3 is 0 Å². The number of piperazine rings is 1. The molecule has 0 bridgehead atoms. The van der Waals surface area contributed by atoms with Crippen LogP contribution < -0.4 is 15.4 Å². The Morgan fingerprint density at radius 2 is 1.82 bits per heavy atom. The molecule has 0 aliphatic carbocycles. The molecule has 0 amide bonds. The van der Waals surface area contributed by atoms with Crippen molar-refractivity contribution >= 4 is 22.4 Å². The van der Waals surface area contributed by atoms with E-state index in [1.165, 1.54) is 6.33 Å². The first kappa shape index (κ1) is 18.2. The Kier molecular flexibility index (Phi) is 4.84. The first-order valence-electron chi connectivity index (χ1n) is 8.75. The molecule has 0 spiro atoms. The monoisotopic (exact) mass is 390 g/mol. The fourth-order valence-corrected chi connectivity index (χ4v) is 3.34. The lowest BCUT2D eigenvalue weighted by molar-refractivity contribution is 0.125. The Morgan fingerprint density at radius 1 is 1.07 bits per heavy atom. The van der Waals surface area contributed by atoms with Gasteiger partial charge in [0.1, 0.15) is 6.33 Å². The molecule has 1 saturated heterocycles. The number of anilines is 2. The Labute approximate surface area is 158 Å². The van der Waals surface area contributed by atoms with Gasteiger partial charge in [-0.15, -0.1) is 0 Å². The summed E-state index contributed by atoms with van der Waals surface area (Å²) in [7, 11) is 0. The van der Waals surface area contributed by atoms with Gasteiger partial charge in [-0.3, -0.25) is 9.36 Å². The molecular weight excluding hydrogens is 373 g/mol. The van der Waals surface area contributed by atoms with Crippen LogP contribution in [0.15, 0.2) is 41.8 Å². The van der Waals surface area contributed by atoms with Crippen LogP contribution in [0.1, 0.15) is 0 Å². The second kappa shape index (κ2) is 7.45. The van der Waals surface area contributed by atoms with E-state index in [-0.39, 0.29) is 5.82 Å². The predicted octanol–water partition coefficient (Wildman–Crippen LogP) is 1.92. The van der Waals surface area contributed by atoms with Gasteiger partial charge in [-0.2, -0.15) is 0 Å². The van der Waals surface area contributed by atoms with Crippen molar-refractivity contribution in [2.45, 2.75) is 13.0 Å². The summed E-state index contributed by atoms with van der Waals surface area (Å²) in [5, 5.41) is 0.300. The van der Waals surface area contributed by atoms with Crippen LogP contribution in [0.4, 0.5) is 24.7 Å². The highest BCUT2D eigenvalue weighted by Gasteiger charge is 2.21. The molecular formula is C18H17F3N6O. The van der Waals surface area contributed by atoms with Crippen LogP contribution in [0.3, 0.4) is 0 Å².